The summed E-state index contributed by atoms with van der Waals surface area (Å²) >= 11 is 0. The number of nitrogens with zero attached hydrogens (tertiary/aromatic N) is 1. The molecule has 2 nitrogen and oxygen atoms in total. The smallest absolute Gasteiger partial charge is 0.274 e. The molecule has 0 radical (unpaired) electrons. The van der Waals surface area contributed by atoms with Crippen LogP contribution in [0.3, 0.4) is 0 Å². The van der Waals surface area contributed by atoms with Crippen LogP contribution >= 0.6 is 0 Å². The molecule has 0 fully saturated rings. The van der Waals surface area contributed by atoms with Crippen molar-refractivity contribution in [1.82, 2.24) is 0 Å². The highest BCUT2D eigenvalue weighted by molar-refractivity contribution is 5.47. The largest absolute Gasteiger partial charge is 0.277 e. The zero-order valence-corrected chi connectivity index (χ0v) is 10.8. The highest BCUT2D eigenvalue weighted by Gasteiger charge is 2.04. The van der Waals surface area contributed by atoms with Crippen molar-refractivity contribution in [3.63, 3.8) is 0 Å². The van der Waals surface area contributed by atoms with Gasteiger partial charge in [0.1, 0.15) is 0 Å². The van der Waals surface area contributed by atoms with E-state index in [4.69, 9.17) is 0 Å². The van der Waals surface area contributed by atoms with Crippen molar-refractivity contribution in [3.8, 4) is 0 Å². The summed E-state index contributed by atoms with van der Waals surface area (Å²) in [4.78, 5) is 0. The molecular formula is C16H19N2+. The Labute approximate surface area is 109 Å². The van der Waals surface area contributed by atoms with E-state index < -0.39 is 0 Å². The summed E-state index contributed by atoms with van der Waals surface area (Å²) in [6.07, 6.45) is 5.00. The first-order chi connectivity index (χ1) is 8.83. The van der Waals surface area contributed by atoms with Gasteiger partial charge in [-0.1, -0.05) is 43.0 Å². The summed E-state index contributed by atoms with van der Waals surface area (Å²) in [5, 5.41) is 3.20. The molecule has 2 heteroatoms. The van der Waals surface area contributed by atoms with Gasteiger partial charge >= 0.3 is 0 Å². The minimum atomic E-state index is 0.977. The predicted molar refractivity (Wildman–Crippen MR) is 76.4 cm³/mol. The minimum absolute atomic E-state index is 0.977. The van der Waals surface area contributed by atoms with Gasteiger partial charge in [0, 0.05) is 12.5 Å². The van der Waals surface area contributed by atoms with Crippen molar-refractivity contribution in [2.75, 3.05) is 12.4 Å². The number of aryl methyl sites for hydroxylation is 2. The van der Waals surface area contributed by atoms with Gasteiger partial charge in [-0.3, -0.25) is 5.32 Å². The molecule has 0 aliphatic heterocycles. The van der Waals surface area contributed by atoms with Crippen molar-refractivity contribution in [1.29, 1.82) is 0 Å². The lowest BCUT2D eigenvalue weighted by molar-refractivity contribution is -0.682. The Morgan fingerprint density at radius 2 is 1.94 bits per heavy atom. The quantitative estimate of drug-likeness (QED) is 0.793. The lowest BCUT2D eigenvalue weighted by Gasteiger charge is -2.05. The Morgan fingerprint density at radius 3 is 2.61 bits per heavy atom. The Morgan fingerprint density at radius 1 is 1.17 bits per heavy atom. The van der Waals surface area contributed by atoms with Crippen molar-refractivity contribution in [2.45, 2.75) is 13.0 Å². The van der Waals surface area contributed by atoms with Crippen LogP contribution in [0.1, 0.15) is 11.1 Å². The number of benzene rings is 1. The summed E-state index contributed by atoms with van der Waals surface area (Å²) in [5.74, 6) is 1.14. The third kappa shape index (κ3) is 2.98. The first kappa shape index (κ1) is 12.4. The number of rotatable bonds is 5. The third-order valence-corrected chi connectivity index (χ3v) is 3.05. The van der Waals surface area contributed by atoms with E-state index in [1.807, 2.05) is 19.2 Å². The fraction of sp³-hybridized carbons (Fsp3) is 0.188. The van der Waals surface area contributed by atoms with E-state index in [1.54, 1.807) is 0 Å². The molecule has 2 rings (SSSR count). The number of anilines is 1. The Balaban J connectivity index is 2.04. The van der Waals surface area contributed by atoms with Gasteiger partial charge in [0.05, 0.1) is 19.8 Å². The number of hydrogen-bond donors (Lipinski definition) is 1. The van der Waals surface area contributed by atoms with Gasteiger partial charge in [-0.15, -0.1) is 0 Å². The van der Waals surface area contributed by atoms with Crippen LogP contribution in [0.5, 0.6) is 0 Å². The van der Waals surface area contributed by atoms with Gasteiger partial charge in [-0.05, 0) is 17.2 Å². The number of aromatic nitrogens is 1. The van der Waals surface area contributed by atoms with E-state index in [0.29, 0.717) is 0 Å². The lowest BCUT2D eigenvalue weighted by atomic mass is 10.1. The van der Waals surface area contributed by atoms with Gasteiger partial charge < -0.3 is 0 Å². The molecule has 0 atom stereocenters. The maximum absolute atomic E-state index is 3.76. The molecule has 1 N–H and O–H groups in total. The molecule has 0 aliphatic carbocycles. The summed E-state index contributed by atoms with van der Waals surface area (Å²) in [5.41, 5.74) is 2.51. The van der Waals surface area contributed by atoms with Crippen LogP contribution in [0.25, 0.3) is 6.08 Å². The van der Waals surface area contributed by atoms with Crippen LogP contribution < -0.4 is 9.88 Å². The highest BCUT2D eigenvalue weighted by Crippen LogP contribution is 2.06. The van der Waals surface area contributed by atoms with E-state index >= 15 is 0 Å². The maximum Gasteiger partial charge on any atom is 0.274 e. The molecule has 1 aromatic heterocycles. The van der Waals surface area contributed by atoms with E-state index in [9.17, 15) is 0 Å². The molecule has 1 heterocycles. The molecule has 0 bridgehead atoms. The number of pyridine rings is 1. The van der Waals surface area contributed by atoms with Crippen molar-refractivity contribution < 1.29 is 4.57 Å². The predicted octanol–water partition coefficient (Wildman–Crippen LogP) is 2.90. The average Bonchev–Trinajstić information content (AvgIpc) is 2.46. The molecule has 2 aromatic rings. The zero-order valence-electron chi connectivity index (χ0n) is 10.8. The fourth-order valence-corrected chi connectivity index (χ4v) is 1.97. The number of nitrogens with one attached hydrogen (secondary N) is 1. The Kier molecular flexibility index (Phi) is 4.13. The van der Waals surface area contributed by atoms with Crippen LogP contribution in [-0.2, 0) is 13.0 Å². The van der Waals surface area contributed by atoms with Crippen LogP contribution in [0, 0.1) is 0 Å². The SMILES string of the molecule is C=Cc1ccc(CC[n+]2ccccc2NC)cc1. The fourth-order valence-electron chi connectivity index (χ4n) is 1.97. The first-order valence-electron chi connectivity index (χ1n) is 6.21. The summed E-state index contributed by atoms with van der Waals surface area (Å²) in [6, 6.07) is 14.7. The second kappa shape index (κ2) is 6.01. The van der Waals surface area contributed by atoms with Crippen molar-refractivity contribution in [3.05, 3.63) is 66.4 Å². The zero-order chi connectivity index (χ0) is 12.8. The molecule has 0 spiro atoms. The molecule has 0 amide bonds. The topological polar surface area (TPSA) is 15.9 Å². The van der Waals surface area contributed by atoms with E-state index in [2.05, 4.69) is 59.1 Å². The maximum atomic E-state index is 3.76. The van der Waals surface area contributed by atoms with Crippen LogP contribution in [0.2, 0.25) is 0 Å². The monoisotopic (exact) mass is 239 g/mol. The average molecular weight is 239 g/mol. The van der Waals surface area contributed by atoms with E-state index in [1.165, 1.54) is 11.1 Å². The standard InChI is InChI=1S/C16H18N2/c1-3-14-7-9-15(10-8-14)11-13-18-12-5-4-6-16(18)17-2/h3-10,12H,1,11,13H2,2H3/p+1. The minimum Gasteiger partial charge on any atom is -0.277 e. The molecule has 0 saturated heterocycles. The Hall–Kier alpha value is -2.09. The van der Waals surface area contributed by atoms with Crippen LogP contribution in [-0.4, -0.2) is 7.05 Å². The second-order valence-corrected chi connectivity index (χ2v) is 4.22. The summed E-state index contributed by atoms with van der Waals surface area (Å²) in [7, 11) is 1.95. The van der Waals surface area contributed by atoms with Gasteiger partial charge in [0.2, 0.25) is 0 Å². The molecule has 0 aliphatic rings. The lowest BCUT2D eigenvalue weighted by Crippen LogP contribution is -2.37. The summed E-state index contributed by atoms with van der Waals surface area (Å²) < 4.78 is 2.22. The van der Waals surface area contributed by atoms with Crippen molar-refractivity contribution in [2.24, 2.45) is 0 Å². The molecule has 0 saturated carbocycles. The second-order valence-electron chi connectivity index (χ2n) is 4.22. The number of hydrogen-bond acceptors (Lipinski definition) is 1. The summed E-state index contributed by atoms with van der Waals surface area (Å²) in [6.45, 7) is 4.74. The Bertz CT molecular complexity index is 515. The molecule has 0 unspecified atom stereocenters. The van der Waals surface area contributed by atoms with Gasteiger partial charge in [0.15, 0.2) is 0 Å². The van der Waals surface area contributed by atoms with Gasteiger partial charge in [0.25, 0.3) is 5.82 Å². The highest BCUT2D eigenvalue weighted by atomic mass is 15.1. The van der Waals surface area contributed by atoms with Crippen LogP contribution in [0.15, 0.2) is 55.2 Å². The molecular weight excluding hydrogens is 220 g/mol. The molecule has 1 aromatic carbocycles. The third-order valence-electron chi connectivity index (χ3n) is 3.05. The van der Waals surface area contributed by atoms with E-state index in [0.717, 1.165) is 18.8 Å². The normalized spacial score (nSPS) is 10.1. The first-order valence-corrected chi connectivity index (χ1v) is 6.21. The van der Waals surface area contributed by atoms with E-state index in [-0.39, 0.29) is 0 Å². The van der Waals surface area contributed by atoms with Gasteiger partial charge in [-0.2, -0.15) is 0 Å². The molecule has 18 heavy (non-hydrogen) atoms. The van der Waals surface area contributed by atoms with Crippen molar-refractivity contribution >= 4 is 11.9 Å². The van der Waals surface area contributed by atoms with Gasteiger partial charge in [-0.25, -0.2) is 4.57 Å². The van der Waals surface area contributed by atoms with Crippen LogP contribution in [0.4, 0.5) is 5.82 Å². The molecule has 92 valence electrons.